The number of carbonyl (C=O) groups is 2. The van der Waals surface area contributed by atoms with Gasteiger partial charge in [0.2, 0.25) is 5.78 Å². The number of ether oxygens (including phenoxy) is 1. The monoisotopic (exact) mass is 297 g/mol. The zero-order valence-corrected chi connectivity index (χ0v) is 12.9. The molecule has 1 atom stereocenters. The van der Waals surface area contributed by atoms with E-state index >= 15 is 0 Å². The van der Waals surface area contributed by atoms with Crippen molar-refractivity contribution in [1.82, 2.24) is 0 Å². The van der Waals surface area contributed by atoms with Gasteiger partial charge in [-0.05, 0) is 25.1 Å². The molecule has 0 spiro atoms. The Morgan fingerprint density at radius 1 is 0.955 bits per heavy atom. The van der Waals surface area contributed by atoms with Crippen molar-refractivity contribution < 1.29 is 14.3 Å². The Balaban J connectivity index is 2.08. The first-order valence-electron chi connectivity index (χ1n) is 7.06. The minimum absolute atomic E-state index is 0.210. The number of hydrogen-bond acceptors (Lipinski definition) is 4. The molecule has 2 aromatic rings. The highest BCUT2D eigenvalue weighted by molar-refractivity contribution is 6.01. The summed E-state index contributed by atoms with van der Waals surface area (Å²) in [4.78, 5) is 26.3. The summed E-state index contributed by atoms with van der Waals surface area (Å²) in [6, 6.07) is 15.9. The Morgan fingerprint density at radius 2 is 1.59 bits per heavy atom. The van der Waals surface area contributed by atoms with Crippen molar-refractivity contribution in [2.24, 2.45) is 0 Å². The molecular weight excluding hydrogens is 278 g/mol. The van der Waals surface area contributed by atoms with Gasteiger partial charge < -0.3 is 9.64 Å². The summed E-state index contributed by atoms with van der Waals surface area (Å²) in [5, 5.41) is 0. The van der Waals surface area contributed by atoms with Crippen LogP contribution in [0, 0.1) is 0 Å². The average Bonchev–Trinajstić information content (AvgIpc) is 2.54. The summed E-state index contributed by atoms with van der Waals surface area (Å²) < 4.78 is 5.28. The molecule has 0 aliphatic heterocycles. The molecule has 0 unspecified atom stereocenters. The summed E-state index contributed by atoms with van der Waals surface area (Å²) in [6.45, 7) is 1.59. The molecule has 0 fully saturated rings. The summed E-state index contributed by atoms with van der Waals surface area (Å²) in [5.74, 6) is -0.710. The van der Waals surface area contributed by atoms with E-state index in [1.165, 1.54) is 0 Å². The summed E-state index contributed by atoms with van der Waals surface area (Å²) in [6.07, 6.45) is -0.821. The molecule has 4 nitrogen and oxygen atoms in total. The Labute approximate surface area is 130 Å². The topological polar surface area (TPSA) is 46.6 Å². The maximum Gasteiger partial charge on any atom is 0.338 e. The molecule has 4 heteroatoms. The Morgan fingerprint density at radius 3 is 2.23 bits per heavy atom. The van der Waals surface area contributed by atoms with Gasteiger partial charge in [-0.1, -0.05) is 36.4 Å². The second-order valence-electron chi connectivity index (χ2n) is 5.22. The van der Waals surface area contributed by atoms with Crippen molar-refractivity contribution in [3.63, 3.8) is 0 Å². The van der Waals surface area contributed by atoms with E-state index in [1.54, 1.807) is 49.4 Å². The average molecular weight is 297 g/mol. The quantitative estimate of drug-likeness (QED) is 0.628. The van der Waals surface area contributed by atoms with Gasteiger partial charge >= 0.3 is 5.97 Å². The molecule has 0 amide bonds. The molecule has 114 valence electrons. The van der Waals surface area contributed by atoms with E-state index in [1.807, 2.05) is 31.1 Å². The lowest BCUT2D eigenvalue weighted by molar-refractivity contribution is 0.0319. The van der Waals surface area contributed by atoms with Crippen molar-refractivity contribution in [2.45, 2.75) is 13.0 Å². The lowest BCUT2D eigenvalue weighted by atomic mass is 10.1. The number of hydrogen-bond donors (Lipinski definition) is 0. The third-order valence-corrected chi connectivity index (χ3v) is 3.31. The van der Waals surface area contributed by atoms with Crippen molar-refractivity contribution in [3.05, 3.63) is 65.7 Å². The molecule has 0 radical (unpaired) electrons. The van der Waals surface area contributed by atoms with Gasteiger partial charge in [-0.15, -0.1) is 0 Å². The standard InChI is InChI=1S/C18H19NO3/c1-13(17(20)14-8-5-4-6-9-14)22-18(21)15-10-7-11-16(12-15)19(2)3/h4-13H,1-3H3/t13-/m1/s1. The van der Waals surface area contributed by atoms with E-state index in [-0.39, 0.29) is 5.78 Å². The number of carbonyl (C=O) groups excluding carboxylic acids is 2. The highest BCUT2D eigenvalue weighted by Gasteiger charge is 2.20. The molecule has 2 aromatic carbocycles. The van der Waals surface area contributed by atoms with Gasteiger partial charge in [-0.2, -0.15) is 0 Å². The first-order valence-corrected chi connectivity index (χ1v) is 7.06. The number of anilines is 1. The lowest BCUT2D eigenvalue weighted by Crippen LogP contribution is -2.24. The number of nitrogens with zero attached hydrogens (tertiary/aromatic N) is 1. The van der Waals surface area contributed by atoms with Gasteiger partial charge in [-0.3, -0.25) is 4.79 Å². The van der Waals surface area contributed by atoms with Crippen molar-refractivity contribution in [1.29, 1.82) is 0 Å². The van der Waals surface area contributed by atoms with Crippen molar-refractivity contribution in [2.75, 3.05) is 19.0 Å². The largest absolute Gasteiger partial charge is 0.451 e. The molecule has 0 saturated heterocycles. The van der Waals surface area contributed by atoms with E-state index in [0.717, 1.165) is 5.69 Å². The Bertz CT molecular complexity index is 665. The zero-order chi connectivity index (χ0) is 16.1. The normalized spacial score (nSPS) is 11.6. The van der Waals surface area contributed by atoms with E-state index in [2.05, 4.69) is 0 Å². The third-order valence-electron chi connectivity index (χ3n) is 3.31. The van der Waals surface area contributed by atoms with Crippen LogP contribution in [0.4, 0.5) is 5.69 Å². The van der Waals surface area contributed by atoms with Crippen LogP contribution in [-0.4, -0.2) is 32.0 Å². The second-order valence-corrected chi connectivity index (χ2v) is 5.22. The molecule has 0 N–H and O–H groups in total. The molecule has 0 saturated carbocycles. The highest BCUT2D eigenvalue weighted by atomic mass is 16.5. The van der Waals surface area contributed by atoms with E-state index in [9.17, 15) is 9.59 Å². The fourth-order valence-corrected chi connectivity index (χ4v) is 2.03. The predicted molar refractivity (Wildman–Crippen MR) is 86.4 cm³/mol. The first kappa shape index (κ1) is 15.8. The molecule has 0 heterocycles. The van der Waals surface area contributed by atoms with Crippen LogP contribution in [0.25, 0.3) is 0 Å². The van der Waals surface area contributed by atoms with E-state index in [0.29, 0.717) is 11.1 Å². The lowest BCUT2D eigenvalue weighted by Gasteiger charge is -2.15. The maximum atomic E-state index is 12.2. The molecule has 0 aromatic heterocycles. The Kier molecular flexibility index (Phi) is 4.94. The summed E-state index contributed by atoms with van der Waals surface area (Å²) in [5.41, 5.74) is 1.86. The van der Waals surface area contributed by atoms with Crippen LogP contribution in [0.5, 0.6) is 0 Å². The van der Waals surface area contributed by atoms with Crippen LogP contribution in [0.15, 0.2) is 54.6 Å². The Hall–Kier alpha value is -2.62. The van der Waals surface area contributed by atoms with Gasteiger partial charge in [0.05, 0.1) is 5.56 Å². The van der Waals surface area contributed by atoms with Gasteiger partial charge in [0.25, 0.3) is 0 Å². The van der Waals surface area contributed by atoms with Crippen LogP contribution < -0.4 is 4.90 Å². The maximum absolute atomic E-state index is 12.2. The SMILES string of the molecule is C[C@@H](OC(=O)c1cccc(N(C)C)c1)C(=O)c1ccccc1. The van der Waals surface area contributed by atoms with E-state index < -0.39 is 12.1 Å². The van der Waals surface area contributed by atoms with Gasteiger partial charge in [0, 0.05) is 25.3 Å². The molecule has 0 bridgehead atoms. The molecule has 0 aliphatic rings. The number of ketones is 1. The van der Waals surface area contributed by atoms with Crippen LogP contribution >= 0.6 is 0 Å². The number of benzene rings is 2. The van der Waals surface area contributed by atoms with Gasteiger partial charge in [0.1, 0.15) is 0 Å². The smallest absolute Gasteiger partial charge is 0.338 e. The molecule has 2 rings (SSSR count). The van der Waals surface area contributed by atoms with Gasteiger partial charge in [0.15, 0.2) is 6.10 Å². The van der Waals surface area contributed by atoms with Crippen LogP contribution in [-0.2, 0) is 4.74 Å². The predicted octanol–water partition coefficient (Wildman–Crippen LogP) is 3.18. The number of Topliss-reactive ketones (excluding diaryl/α,β-unsaturated/α-hetero) is 1. The third kappa shape index (κ3) is 3.73. The zero-order valence-electron chi connectivity index (χ0n) is 12.9. The number of rotatable bonds is 5. The van der Waals surface area contributed by atoms with E-state index in [4.69, 9.17) is 4.74 Å². The summed E-state index contributed by atoms with van der Waals surface area (Å²) >= 11 is 0. The molecule has 22 heavy (non-hydrogen) atoms. The van der Waals surface area contributed by atoms with Crippen LogP contribution in [0.1, 0.15) is 27.6 Å². The minimum atomic E-state index is -0.821. The highest BCUT2D eigenvalue weighted by Crippen LogP contribution is 2.15. The van der Waals surface area contributed by atoms with Crippen molar-refractivity contribution >= 4 is 17.4 Å². The van der Waals surface area contributed by atoms with Gasteiger partial charge in [-0.25, -0.2) is 4.79 Å². The fraction of sp³-hybridized carbons (Fsp3) is 0.222. The van der Waals surface area contributed by atoms with Crippen molar-refractivity contribution in [3.8, 4) is 0 Å². The van der Waals surface area contributed by atoms with Crippen LogP contribution in [0.3, 0.4) is 0 Å². The number of esters is 1. The molecular formula is C18H19NO3. The molecule has 0 aliphatic carbocycles. The fourth-order valence-electron chi connectivity index (χ4n) is 2.03. The minimum Gasteiger partial charge on any atom is -0.451 e. The second kappa shape index (κ2) is 6.89. The first-order chi connectivity index (χ1) is 10.5. The van der Waals surface area contributed by atoms with Crippen LogP contribution in [0.2, 0.25) is 0 Å². The summed E-state index contributed by atoms with van der Waals surface area (Å²) in [7, 11) is 3.79.